The molecule has 0 saturated carbocycles. The monoisotopic (exact) mass is 395 g/mol. The van der Waals surface area contributed by atoms with E-state index in [1.165, 1.54) is 11.1 Å². The maximum atomic E-state index is 10.4. The molecular formula is C23H33N5O. The van der Waals surface area contributed by atoms with E-state index in [0.717, 1.165) is 49.8 Å². The van der Waals surface area contributed by atoms with Crippen molar-refractivity contribution in [3.05, 3.63) is 59.3 Å². The van der Waals surface area contributed by atoms with Crippen LogP contribution in [0.15, 0.2) is 47.6 Å². The van der Waals surface area contributed by atoms with Crippen molar-refractivity contribution in [1.82, 2.24) is 15.6 Å². The highest BCUT2D eigenvalue weighted by atomic mass is 16.3. The molecule has 156 valence electrons. The van der Waals surface area contributed by atoms with Crippen molar-refractivity contribution in [2.24, 2.45) is 4.99 Å². The lowest BCUT2D eigenvalue weighted by Crippen LogP contribution is -2.49. The van der Waals surface area contributed by atoms with E-state index >= 15 is 0 Å². The average Bonchev–Trinajstić information content (AvgIpc) is 2.74. The number of hydrogen-bond acceptors (Lipinski definition) is 4. The van der Waals surface area contributed by atoms with Crippen LogP contribution in [0.2, 0.25) is 0 Å². The third-order valence-electron chi connectivity index (χ3n) is 5.28. The second-order valence-corrected chi connectivity index (χ2v) is 7.75. The summed E-state index contributed by atoms with van der Waals surface area (Å²) in [5.74, 6) is 1.82. The van der Waals surface area contributed by atoms with Gasteiger partial charge in [0.1, 0.15) is 5.82 Å². The number of hydrogen-bond donors (Lipinski definition) is 3. The van der Waals surface area contributed by atoms with Gasteiger partial charge in [-0.2, -0.15) is 0 Å². The van der Waals surface area contributed by atoms with Crippen LogP contribution in [0.4, 0.5) is 5.82 Å². The Kier molecular flexibility index (Phi) is 7.47. The number of aromatic nitrogens is 1. The highest BCUT2D eigenvalue weighted by molar-refractivity contribution is 5.80. The summed E-state index contributed by atoms with van der Waals surface area (Å²) < 4.78 is 0. The van der Waals surface area contributed by atoms with E-state index in [0.29, 0.717) is 12.6 Å². The minimum Gasteiger partial charge on any atom is -0.386 e. The van der Waals surface area contributed by atoms with Crippen molar-refractivity contribution in [2.45, 2.75) is 45.8 Å². The Hall–Kier alpha value is -2.60. The molecule has 6 heteroatoms. The first-order chi connectivity index (χ1) is 14.0. The van der Waals surface area contributed by atoms with Gasteiger partial charge in [-0.25, -0.2) is 4.98 Å². The Morgan fingerprint density at radius 2 is 1.83 bits per heavy atom. The van der Waals surface area contributed by atoms with Crippen LogP contribution in [0.5, 0.6) is 0 Å². The largest absolute Gasteiger partial charge is 0.386 e. The molecule has 0 spiro atoms. The predicted molar refractivity (Wildman–Crippen MR) is 119 cm³/mol. The van der Waals surface area contributed by atoms with Crippen molar-refractivity contribution in [3.8, 4) is 0 Å². The Morgan fingerprint density at radius 1 is 1.14 bits per heavy atom. The summed E-state index contributed by atoms with van der Waals surface area (Å²) in [6, 6.07) is 12.5. The number of guanidine groups is 1. The number of nitrogens with one attached hydrogen (secondary N) is 2. The molecule has 3 N–H and O–H groups in total. The smallest absolute Gasteiger partial charge is 0.191 e. The maximum Gasteiger partial charge on any atom is 0.191 e. The number of aliphatic hydroxyl groups is 1. The molecule has 1 aromatic carbocycles. The van der Waals surface area contributed by atoms with E-state index in [1.54, 1.807) is 0 Å². The van der Waals surface area contributed by atoms with E-state index in [1.807, 2.05) is 37.4 Å². The first kappa shape index (κ1) is 21.1. The van der Waals surface area contributed by atoms with E-state index in [9.17, 15) is 5.11 Å². The van der Waals surface area contributed by atoms with E-state index in [-0.39, 0.29) is 0 Å². The zero-order valence-corrected chi connectivity index (χ0v) is 17.7. The van der Waals surface area contributed by atoms with Crippen LogP contribution in [-0.2, 0) is 0 Å². The van der Waals surface area contributed by atoms with Crippen LogP contribution in [0, 0.1) is 13.8 Å². The fourth-order valence-electron chi connectivity index (χ4n) is 3.49. The van der Waals surface area contributed by atoms with E-state index in [2.05, 4.69) is 51.5 Å². The number of aliphatic hydroxyl groups excluding tert-OH is 1. The van der Waals surface area contributed by atoms with Crippen LogP contribution < -0.4 is 15.5 Å². The Balaban J connectivity index is 1.53. The van der Waals surface area contributed by atoms with Crippen molar-refractivity contribution in [3.63, 3.8) is 0 Å². The molecule has 0 amide bonds. The molecule has 1 atom stereocenters. The van der Waals surface area contributed by atoms with Gasteiger partial charge in [-0.05, 0) is 50.8 Å². The number of piperidine rings is 1. The SMILES string of the molecule is CCNC(=NCC(O)c1ccc(C)cc1)NC1CCN(c2ccc(C)cn2)CC1. The third-order valence-corrected chi connectivity index (χ3v) is 5.28. The first-order valence-corrected chi connectivity index (χ1v) is 10.5. The number of pyridine rings is 1. The number of aryl methyl sites for hydroxylation is 2. The van der Waals surface area contributed by atoms with Gasteiger partial charge in [-0.15, -0.1) is 0 Å². The lowest BCUT2D eigenvalue weighted by atomic mass is 10.1. The van der Waals surface area contributed by atoms with Crippen molar-refractivity contribution in [2.75, 3.05) is 31.1 Å². The molecule has 29 heavy (non-hydrogen) atoms. The summed E-state index contributed by atoms with van der Waals surface area (Å²) in [7, 11) is 0. The quantitative estimate of drug-likeness (QED) is 0.518. The summed E-state index contributed by atoms with van der Waals surface area (Å²) in [5.41, 5.74) is 3.27. The van der Waals surface area contributed by atoms with Gasteiger partial charge in [0, 0.05) is 31.9 Å². The van der Waals surface area contributed by atoms with Gasteiger partial charge in [-0.3, -0.25) is 4.99 Å². The predicted octanol–water partition coefficient (Wildman–Crippen LogP) is 2.96. The van der Waals surface area contributed by atoms with Crippen molar-refractivity contribution >= 4 is 11.8 Å². The van der Waals surface area contributed by atoms with Crippen molar-refractivity contribution in [1.29, 1.82) is 0 Å². The summed E-state index contributed by atoms with van der Waals surface area (Å²) in [6.45, 7) is 9.23. The molecule has 6 nitrogen and oxygen atoms in total. The molecule has 1 saturated heterocycles. The molecule has 1 aromatic heterocycles. The molecule has 0 bridgehead atoms. The van der Waals surface area contributed by atoms with Gasteiger partial charge in [0.25, 0.3) is 0 Å². The van der Waals surface area contributed by atoms with Crippen LogP contribution in [0.3, 0.4) is 0 Å². The average molecular weight is 396 g/mol. The molecule has 1 fully saturated rings. The van der Waals surface area contributed by atoms with Crippen LogP contribution in [0.25, 0.3) is 0 Å². The second-order valence-electron chi connectivity index (χ2n) is 7.75. The number of anilines is 1. The summed E-state index contributed by atoms with van der Waals surface area (Å²) in [4.78, 5) is 11.5. The lowest BCUT2D eigenvalue weighted by Gasteiger charge is -2.34. The topological polar surface area (TPSA) is 72.8 Å². The van der Waals surface area contributed by atoms with Crippen molar-refractivity contribution < 1.29 is 5.11 Å². The molecule has 3 rings (SSSR count). The summed E-state index contributed by atoms with van der Waals surface area (Å²) in [5, 5.41) is 17.3. The maximum absolute atomic E-state index is 10.4. The molecule has 2 heterocycles. The molecule has 0 radical (unpaired) electrons. The van der Waals surface area contributed by atoms with Crippen LogP contribution in [-0.4, -0.2) is 48.3 Å². The highest BCUT2D eigenvalue weighted by Gasteiger charge is 2.21. The Bertz CT molecular complexity index is 780. The number of rotatable bonds is 6. The molecular weight excluding hydrogens is 362 g/mol. The fraction of sp³-hybridized carbons (Fsp3) is 0.478. The standard InChI is InChI=1S/C23H33N5O/c1-4-24-23(26-16-21(29)19-8-5-17(2)6-9-19)27-20-11-13-28(14-12-20)22-10-7-18(3)15-25-22/h5-10,15,20-21,29H,4,11-14,16H2,1-3H3,(H2,24,26,27). The lowest BCUT2D eigenvalue weighted by molar-refractivity contribution is 0.187. The molecule has 1 unspecified atom stereocenters. The second kappa shape index (κ2) is 10.3. The zero-order chi connectivity index (χ0) is 20.6. The molecule has 2 aromatic rings. The number of benzene rings is 1. The normalized spacial score (nSPS) is 16.6. The van der Waals surface area contributed by atoms with Gasteiger partial charge >= 0.3 is 0 Å². The number of nitrogens with zero attached hydrogens (tertiary/aromatic N) is 3. The van der Waals surface area contributed by atoms with Crippen LogP contribution >= 0.6 is 0 Å². The van der Waals surface area contributed by atoms with Gasteiger partial charge in [-0.1, -0.05) is 35.9 Å². The zero-order valence-electron chi connectivity index (χ0n) is 17.7. The minimum absolute atomic E-state index is 0.338. The Morgan fingerprint density at radius 3 is 2.45 bits per heavy atom. The van der Waals surface area contributed by atoms with Gasteiger partial charge < -0.3 is 20.6 Å². The molecule has 1 aliphatic rings. The number of aliphatic imine (C=N–C) groups is 1. The summed E-state index contributed by atoms with van der Waals surface area (Å²) in [6.07, 6.45) is 3.39. The summed E-state index contributed by atoms with van der Waals surface area (Å²) >= 11 is 0. The van der Waals surface area contributed by atoms with Crippen LogP contribution in [0.1, 0.15) is 42.6 Å². The fourth-order valence-corrected chi connectivity index (χ4v) is 3.49. The third kappa shape index (κ3) is 6.19. The molecule has 1 aliphatic heterocycles. The van der Waals surface area contributed by atoms with Gasteiger partial charge in [0.15, 0.2) is 5.96 Å². The molecule has 0 aliphatic carbocycles. The van der Waals surface area contributed by atoms with Gasteiger partial charge in [0.05, 0.1) is 12.6 Å². The Labute approximate surface area is 174 Å². The highest BCUT2D eigenvalue weighted by Crippen LogP contribution is 2.18. The van der Waals surface area contributed by atoms with E-state index in [4.69, 9.17) is 0 Å². The first-order valence-electron chi connectivity index (χ1n) is 10.5. The van der Waals surface area contributed by atoms with Gasteiger partial charge in [0.2, 0.25) is 0 Å². The van der Waals surface area contributed by atoms with E-state index < -0.39 is 6.10 Å². The minimum atomic E-state index is -0.597.